The number of benzene rings is 1. The molecule has 182 valence electrons. The molecule has 2 fully saturated rings. The number of ether oxygens (including phenoxy) is 1. The molecule has 2 amide bonds. The summed E-state index contributed by atoms with van der Waals surface area (Å²) in [6.07, 6.45) is -5.15. The molecule has 1 aromatic heterocycles. The molecule has 34 heavy (non-hydrogen) atoms. The number of anilines is 1. The van der Waals surface area contributed by atoms with Gasteiger partial charge in [0.05, 0.1) is 23.7 Å². The van der Waals surface area contributed by atoms with Gasteiger partial charge in [-0.3, -0.25) is 9.69 Å². The highest BCUT2D eigenvalue weighted by atomic mass is 32.1. The molecular formula is C22H23F3N4O4S. The number of aromatic nitrogens is 1. The summed E-state index contributed by atoms with van der Waals surface area (Å²) in [5.74, 6) is -3.77. The van der Waals surface area contributed by atoms with E-state index in [-0.39, 0.29) is 18.5 Å². The summed E-state index contributed by atoms with van der Waals surface area (Å²) in [7, 11) is 0. The van der Waals surface area contributed by atoms with E-state index in [0.717, 1.165) is 18.7 Å². The second kappa shape index (κ2) is 8.99. The number of amides is 2. The summed E-state index contributed by atoms with van der Waals surface area (Å²) in [5, 5.41) is 5.77. The smallest absolute Gasteiger partial charge is 0.386 e. The number of hydrogen-bond acceptors (Lipinski definition) is 7. The zero-order valence-corrected chi connectivity index (χ0v) is 19.3. The predicted molar refractivity (Wildman–Crippen MR) is 118 cm³/mol. The molecule has 1 N–H and O–H groups in total. The lowest BCUT2D eigenvalue weighted by Gasteiger charge is -2.28. The lowest BCUT2D eigenvalue weighted by atomic mass is 9.85. The predicted octanol–water partition coefficient (Wildman–Crippen LogP) is 3.22. The van der Waals surface area contributed by atoms with Crippen molar-refractivity contribution in [3.63, 3.8) is 0 Å². The van der Waals surface area contributed by atoms with Gasteiger partial charge in [-0.1, -0.05) is 24.3 Å². The van der Waals surface area contributed by atoms with Crippen molar-refractivity contribution in [1.29, 1.82) is 0 Å². The van der Waals surface area contributed by atoms with Crippen molar-refractivity contribution < 1.29 is 32.3 Å². The van der Waals surface area contributed by atoms with Crippen LogP contribution < -0.4 is 10.2 Å². The Labute approximate surface area is 197 Å². The van der Waals surface area contributed by atoms with E-state index in [1.54, 1.807) is 29.2 Å². The van der Waals surface area contributed by atoms with Gasteiger partial charge in [0, 0.05) is 30.6 Å². The van der Waals surface area contributed by atoms with Crippen LogP contribution in [0.5, 0.6) is 0 Å². The third-order valence-electron chi connectivity index (χ3n) is 5.81. The molecule has 0 saturated carbocycles. The first-order valence-corrected chi connectivity index (χ1v) is 11.5. The van der Waals surface area contributed by atoms with Gasteiger partial charge in [0.2, 0.25) is 0 Å². The van der Waals surface area contributed by atoms with E-state index in [0.29, 0.717) is 29.5 Å². The summed E-state index contributed by atoms with van der Waals surface area (Å²) in [6.45, 7) is 5.62. The Bertz CT molecular complexity index is 1100. The van der Waals surface area contributed by atoms with Crippen molar-refractivity contribution in [1.82, 2.24) is 15.2 Å². The lowest BCUT2D eigenvalue weighted by molar-refractivity contribution is -0.204. The molecule has 1 atom stereocenters. The van der Waals surface area contributed by atoms with Crippen LogP contribution in [0.25, 0.3) is 11.3 Å². The number of hydrogen-bond donors (Lipinski definition) is 1. The van der Waals surface area contributed by atoms with Gasteiger partial charge in [-0.05, 0) is 25.8 Å². The SMILES string of the molecule is CC(C)(Cc1ccc(-c2csc(N3C[C@@H]4CNCCN4C3=O)n2)cc1)C(=O)OC(=O)C(F)(F)F. The first kappa shape index (κ1) is 24.1. The van der Waals surface area contributed by atoms with Gasteiger partial charge < -0.3 is 15.0 Å². The van der Waals surface area contributed by atoms with E-state index in [4.69, 9.17) is 0 Å². The molecule has 2 aromatic rings. The summed E-state index contributed by atoms with van der Waals surface area (Å²) in [5.41, 5.74) is 0.828. The van der Waals surface area contributed by atoms with Crippen LogP contribution in [0.1, 0.15) is 19.4 Å². The Morgan fingerprint density at radius 2 is 1.91 bits per heavy atom. The van der Waals surface area contributed by atoms with Gasteiger partial charge in [0.25, 0.3) is 0 Å². The highest BCUT2D eigenvalue weighted by Gasteiger charge is 2.45. The number of rotatable bonds is 5. The molecule has 3 heterocycles. The zero-order chi connectivity index (χ0) is 24.7. The molecule has 0 aliphatic carbocycles. The maximum atomic E-state index is 12.7. The normalized spacial score (nSPS) is 18.7. The van der Waals surface area contributed by atoms with E-state index in [1.165, 1.54) is 25.2 Å². The van der Waals surface area contributed by atoms with Crippen LogP contribution in [0.15, 0.2) is 29.6 Å². The number of nitrogens with zero attached hydrogens (tertiary/aromatic N) is 3. The Morgan fingerprint density at radius 1 is 1.21 bits per heavy atom. The second-order valence-electron chi connectivity index (χ2n) is 8.89. The average molecular weight is 497 g/mol. The van der Waals surface area contributed by atoms with Crippen molar-refractivity contribution in [2.45, 2.75) is 32.5 Å². The molecule has 0 spiro atoms. The van der Waals surface area contributed by atoms with E-state index < -0.39 is 23.5 Å². The summed E-state index contributed by atoms with van der Waals surface area (Å²) in [4.78, 5) is 43.9. The van der Waals surface area contributed by atoms with Crippen LogP contribution in [-0.4, -0.2) is 66.3 Å². The summed E-state index contributed by atoms with van der Waals surface area (Å²) in [6, 6.07) is 7.14. The van der Waals surface area contributed by atoms with E-state index in [2.05, 4.69) is 15.0 Å². The Morgan fingerprint density at radius 3 is 2.56 bits per heavy atom. The highest BCUT2D eigenvalue weighted by molar-refractivity contribution is 7.14. The van der Waals surface area contributed by atoms with Crippen LogP contribution in [0.3, 0.4) is 0 Å². The number of piperazine rings is 1. The van der Waals surface area contributed by atoms with Gasteiger partial charge in [-0.2, -0.15) is 13.2 Å². The molecule has 2 aliphatic heterocycles. The van der Waals surface area contributed by atoms with E-state index >= 15 is 0 Å². The maximum absolute atomic E-state index is 12.7. The third kappa shape index (κ3) is 4.92. The quantitative estimate of drug-likeness (QED) is 0.505. The number of thiazole rings is 1. The van der Waals surface area contributed by atoms with Gasteiger partial charge in [0.1, 0.15) is 0 Å². The molecule has 0 radical (unpaired) electrons. The molecule has 12 heteroatoms. The minimum Gasteiger partial charge on any atom is -0.386 e. The zero-order valence-electron chi connectivity index (χ0n) is 18.5. The van der Waals surface area contributed by atoms with E-state index in [9.17, 15) is 27.6 Å². The van der Waals surface area contributed by atoms with Gasteiger partial charge in [-0.25, -0.2) is 14.6 Å². The molecule has 0 bridgehead atoms. The van der Waals surface area contributed by atoms with Crippen LogP contribution in [-0.2, 0) is 20.7 Å². The number of alkyl halides is 3. The van der Waals surface area contributed by atoms with Crippen LogP contribution in [0.4, 0.5) is 23.1 Å². The number of urea groups is 1. The topological polar surface area (TPSA) is 91.8 Å². The van der Waals surface area contributed by atoms with Crippen molar-refractivity contribution in [2.75, 3.05) is 31.1 Å². The maximum Gasteiger partial charge on any atom is 0.491 e. The molecular weight excluding hydrogens is 473 g/mol. The van der Waals surface area contributed by atoms with Crippen molar-refractivity contribution in [3.8, 4) is 11.3 Å². The molecule has 8 nitrogen and oxygen atoms in total. The minimum absolute atomic E-state index is 0.0409. The van der Waals surface area contributed by atoms with Gasteiger partial charge in [0.15, 0.2) is 5.13 Å². The lowest BCUT2D eigenvalue weighted by Crippen LogP contribution is -2.49. The number of carbonyl (C=O) groups excluding carboxylic acids is 3. The number of carbonyl (C=O) groups is 3. The van der Waals surface area contributed by atoms with Crippen molar-refractivity contribution in [2.24, 2.45) is 5.41 Å². The van der Waals surface area contributed by atoms with Crippen molar-refractivity contribution in [3.05, 3.63) is 35.2 Å². The Kier molecular flexibility index (Phi) is 6.38. The van der Waals surface area contributed by atoms with Gasteiger partial charge in [-0.15, -0.1) is 11.3 Å². The highest BCUT2D eigenvalue weighted by Crippen LogP contribution is 2.32. The number of esters is 2. The summed E-state index contributed by atoms with van der Waals surface area (Å²) >= 11 is 1.38. The van der Waals surface area contributed by atoms with Gasteiger partial charge >= 0.3 is 24.1 Å². The number of nitrogens with one attached hydrogen (secondary N) is 1. The van der Waals surface area contributed by atoms with Crippen LogP contribution >= 0.6 is 11.3 Å². The Balaban J connectivity index is 1.41. The molecule has 2 saturated heterocycles. The fourth-order valence-electron chi connectivity index (χ4n) is 3.96. The first-order valence-electron chi connectivity index (χ1n) is 10.6. The Hall–Kier alpha value is -2.99. The van der Waals surface area contributed by atoms with Crippen LogP contribution in [0.2, 0.25) is 0 Å². The summed E-state index contributed by atoms with van der Waals surface area (Å²) < 4.78 is 41.1. The standard InChI is InChI=1S/C22H23F3N4O4S/c1-21(2,17(30)33-18(31)22(23,24)25)9-13-3-5-14(6-4-13)16-12-34-19(27-16)29-11-15-10-26-7-8-28(15)20(29)32/h3-6,12,15,26H,7-11H2,1-2H3/t15-/m0/s1. The molecule has 1 aromatic carbocycles. The number of halogens is 3. The third-order valence-corrected chi connectivity index (χ3v) is 6.67. The van der Waals surface area contributed by atoms with E-state index in [1.807, 2.05) is 10.3 Å². The monoisotopic (exact) mass is 496 g/mol. The minimum atomic E-state index is -5.23. The average Bonchev–Trinajstić information content (AvgIpc) is 3.38. The molecule has 2 aliphatic rings. The second-order valence-corrected chi connectivity index (χ2v) is 9.73. The first-order chi connectivity index (χ1) is 16.0. The number of fused-ring (bicyclic) bond motifs is 1. The van der Waals surface area contributed by atoms with Crippen molar-refractivity contribution >= 4 is 34.4 Å². The molecule has 4 rings (SSSR count). The fourth-order valence-corrected chi connectivity index (χ4v) is 4.79. The van der Waals surface area contributed by atoms with Crippen LogP contribution in [0, 0.1) is 5.41 Å². The largest absolute Gasteiger partial charge is 0.491 e. The fraction of sp³-hybridized carbons (Fsp3) is 0.455. The molecule has 0 unspecified atom stereocenters.